The monoisotopic (exact) mass is 596 g/mol. The SMILES string of the molecule is O=C(COC(=O)c1ccccc1N1C(=O)[C@H]2C3c4ccccc4C(c4ccccc43)[C@@H]2C1=O)Nc1ccc(Cl)c(Cl)c1. The van der Waals surface area contributed by atoms with Gasteiger partial charge < -0.3 is 10.1 Å². The van der Waals surface area contributed by atoms with Gasteiger partial charge in [-0.1, -0.05) is 83.9 Å². The summed E-state index contributed by atoms with van der Waals surface area (Å²) in [5.41, 5.74) is 4.79. The van der Waals surface area contributed by atoms with Crippen LogP contribution < -0.4 is 10.2 Å². The Morgan fingerprint density at radius 1 is 0.714 bits per heavy atom. The van der Waals surface area contributed by atoms with Gasteiger partial charge in [0, 0.05) is 17.5 Å². The third kappa shape index (κ3) is 4.03. The smallest absolute Gasteiger partial charge is 0.340 e. The summed E-state index contributed by atoms with van der Waals surface area (Å²) in [4.78, 5) is 55.1. The van der Waals surface area contributed by atoms with Crippen LogP contribution in [-0.4, -0.2) is 30.3 Å². The van der Waals surface area contributed by atoms with Gasteiger partial charge in [-0.2, -0.15) is 0 Å². The number of ether oxygens (including phenoxy) is 1. The van der Waals surface area contributed by atoms with Gasteiger partial charge in [0.05, 0.1) is 33.1 Å². The molecule has 9 heteroatoms. The van der Waals surface area contributed by atoms with Crippen molar-refractivity contribution >= 4 is 58.3 Å². The van der Waals surface area contributed by atoms with Gasteiger partial charge in [-0.25, -0.2) is 9.69 Å². The molecule has 1 saturated heterocycles. The Bertz CT molecular complexity index is 1710. The van der Waals surface area contributed by atoms with E-state index in [2.05, 4.69) is 5.32 Å². The molecule has 1 heterocycles. The van der Waals surface area contributed by atoms with Crippen molar-refractivity contribution in [1.82, 2.24) is 0 Å². The Morgan fingerprint density at radius 2 is 1.24 bits per heavy atom. The summed E-state index contributed by atoms with van der Waals surface area (Å²) in [5, 5.41) is 3.19. The first-order valence-electron chi connectivity index (χ1n) is 13.4. The molecule has 0 saturated carbocycles. The Kier molecular flexibility index (Phi) is 6.37. The number of rotatable bonds is 5. The molecule has 42 heavy (non-hydrogen) atoms. The molecule has 1 aliphatic heterocycles. The third-order valence-electron chi connectivity index (χ3n) is 8.35. The van der Waals surface area contributed by atoms with Crippen LogP contribution in [0.25, 0.3) is 0 Å². The summed E-state index contributed by atoms with van der Waals surface area (Å²) in [6, 6.07) is 26.9. The number of benzene rings is 4. The number of hydrogen-bond donors (Lipinski definition) is 1. The van der Waals surface area contributed by atoms with Gasteiger partial charge in [0.25, 0.3) is 5.91 Å². The highest BCUT2D eigenvalue weighted by Crippen LogP contribution is 2.61. The fourth-order valence-corrected chi connectivity index (χ4v) is 7.03. The highest BCUT2D eigenvalue weighted by atomic mass is 35.5. The van der Waals surface area contributed by atoms with Gasteiger partial charge in [0.15, 0.2) is 6.61 Å². The maximum absolute atomic E-state index is 14.1. The number of nitrogens with one attached hydrogen (secondary N) is 1. The molecular weight excluding hydrogens is 575 g/mol. The Labute approximate surface area is 251 Å². The van der Waals surface area contributed by atoms with Crippen molar-refractivity contribution in [2.45, 2.75) is 11.8 Å². The van der Waals surface area contributed by atoms with E-state index in [1.54, 1.807) is 24.3 Å². The van der Waals surface area contributed by atoms with E-state index in [0.717, 1.165) is 27.2 Å². The van der Waals surface area contributed by atoms with Crippen LogP contribution in [0.3, 0.4) is 0 Å². The number of halogens is 2. The molecule has 4 aromatic rings. The molecule has 208 valence electrons. The lowest BCUT2D eigenvalue weighted by Gasteiger charge is -2.45. The molecule has 3 aliphatic carbocycles. The van der Waals surface area contributed by atoms with Crippen LogP contribution in [0.4, 0.5) is 11.4 Å². The average Bonchev–Trinajstić information content (AvgIpc) is 3.27. The van der Waals surface area contributed by atoms with Crippen molar-refractivity contribution in [2.24, 2.45) is 11.8 Å². The summed E-state index contributed by atoms with van der Waals surface area (Å²) in [5.74, 6) is -3.83. The number of esters is 1. The molecule has 1 N–H and O–H groups in total. The van der Waals surface area contributed by atoms with Crippen LogP contribution in [0.1, 0.15) is 44.4 Å². The lowest BCUT2D eigenvalue weighted by Crippen LogP contribution is -2.41. The first-order chi connectivity index (χ1) is 20.3. The molecule has 0 unspecified atom stereocenters. The molecule has 0 spiro atoms. The first kappa shape index (κ1) is 26.4. The quantitative estimate of drug-likeness (QED) is 0.219. The summed E-state index contributed by atoms with van der Waals surface area (Å²) in [7, 11) is 0. The number of carbonyl (C=O) groups excluding carboxylic acids is 4. The molecular formula is C33H22Cl2N2O5. The van der Waals surface area contributed by atoms with Crippen LogP contribution in [-0.2, 0) is 19.1 Å². The van der Waals surface area contributed by atoms with Crippen LogP contribution in [0.5, 0.6) is 0 Å². The molecule has 2 bridgehead atoms. The second-order valence-electron chi connectivity index (χ2n) is 10.5. The lowest BCUT2D eigenvalue weighted by molar-refractivity contribution is -0.122. The van der Waals surface area contributed by atoms with Crippen molar-refractivity contribution in [3.05, 3.63) is 129 Å². The Balaban J connectivity index is 1.17. The van der Waals surface area contributed by atoms with Crippen molar-refractivity contribution in [1.29, 1.82) is 0 Å². The lowest BCUT2D eigenvalue weighted by atomic mass is 9.55. The highest BCUT2D eigenvalue weighted by Gasteiger charge is 2.62. The third-order valence-corrected chi connectivity index (χ3v) is 9.09. The van der Waals surface area contributed by atoms with E-state index in [-0.39, 0.29) is 39.9 Å². The van der Waals surface area contributed by atoms with Crippen molar-refractivity contribution < 1.29 is 23.9 Å². The van der Waals surface area contributed by atoms with Crippen molar-refractivity contribution in [2.75, 3.05) is 16.8 Å². The average molecular weight is 597 g/mol. The van der Waals surface area contributed by atoms with E-state index < -0.39 is 30.3 Å². The molecule has 0 aromatic heterocycles. The van der Waals surface area contributed by atoms with Gasteiger partial charge in [0.1, 0.15) is 0 Å². The van der Waals surface area contributed by atoms with Crippen LogP contribution in [0.15, 0.2) is 91.0 Å². The fourth-order valence-electron chi connectivity index (χ4n) is 6.74. The number of para-hydroxylation sites is 1. The van der Waals surface area contributed by atoms with Gasteiger partial charge in [-0.3, -0.25) is 14.4 Å². The van der Waals surface area contributed by atoms with E-state index >= 15 is 0 Å². The van der Waals surface area contributed by atoms with E-state index in [4.69, 9.17) is 27.9 Å². The van der Waals surface area contributed by atoms with Gasteiger partial charge in [-0.05, 0) is 52.6 Å². The van der Waals surface area contributed by atoms with Crippen molar-refractivity contribution in [3.63, 3.8) is 0 Å². The predicted octanol–water partition coefficient (Wildman–Crippen LogP) is 6.19. The first-order valence-corrected chi connectivity index (χ1v) is 14.2. The number of carbonyl (C=O) groups is 4. The molecule has 3 amide bonds. The normalized spacial score (nSPS) is 21.4. The molecule has 8 rings (SSSR count). The minimum absolute atomic E-state index is 0.0163. The predicted molar refractivity (Wildman–Crippen MR) is 158 cm³/mol. The van der Waals surface area contributed by atoms with E-state index in [9.17, 15) is 19.2 Å². The summed E-state index contributed by atoms with van der Waals surface area (Å²) in [6.45, 7) is -0.588. The maximum atomic E-state index is 14.1. The molecule has 1 fully saturated rings. The number of anilines is 2. The zero-order valence-corrected chi connectivity index (χ0v) is 23.4. The van der Waals surface area contributed by atoms with Crippen LogP contribution in [0.2, 0.25) is 10.0 Å². The number of hydrogen-bond acceptors (Lipinski definition) is 5. The minimum Gasteiger partial charge on any atom is -0.452 e. The van der Waals surface area contributed by atoms with E-state index in [0.29, 0.717) is 10.7 Å². The maximum Gasteiger partial charge on any atom is 0.340 e. The molecule has 4 aromatic carbocycles. The van der Waals surface area contributed by atoms with Crippen LogP contribution in [0, 0.1) is 11.8 Å². The fraction of sp³-hybridized carbons (Fsp3) is 0.152. The second kappa shape index (κ2) is 10.1. The van der Waals surface area contributed by atoms with E-state index in [1.165, 1.54) is 18.2 Å². The Morgan fingerprint density at radius 3 is 1.79 bits per heavy atom. The second-order valence-corrected chi connectivity index (χ2v) is 11.4. The highest BCUT2D eigenvalue weighted by molar-refractivity contribution is 6.42. The standard InChI is InChI=1S/C33H22Cl2N2O5/c34-23-14-13-17(15-24(23)35)36-26(38)16-42-33(41)22-11-5-6-12-25(22)37-31(39)29-27-18-7-1-2-8-19(18)28(30(29)32(37)40)21-10-4-3-9-20(21)27/h1-15,27-30H,16H2,(H,36,38)/t27?,28?,29-,30-/m0/s1. The van der Waals surface area contributed by atoms with Gasteiger partial charge in [-0.15, -0.1) is 0 Å². The van der Waals surface area contributed by atoms with E-state index in [1.807, 2.05) is 48.5 Å². The molecule has 2 atom stereocenters. The molecule has 7 nitrogen and oxygen atoms in total. The largest absolute Gasteiger partial charge is 0.452 e. The summed E-state index contributed by atoms with van der Waals surface area (Å²) in [6.07, 6.45) is 0. The van der Waals surface area contributed by atoms with Crippen LogP contribution >= 0.6 is 23.2 Å². The zero-order valence-electron chi connectivity index (χ0n) is 21.9. The summed E-state index contributed by atoms with van der Waals surface area (Å²) >= 11 is 11.9. The van der Waals surface area contributed by atoms with Gasteiger partial charge >= 0.3 is 5.97 Å². The van der Waals surface area contributed by atoms with Crippen molar-refractivity contribution in [3.8, 4) is 0 Å². The molecule has 0 radical (unpaired) electrons. The van der Waals surface area contributed by atoms with Gasteiger partial charge in [0.2, 0.25) is 11.8 Å². The minimum atomic E-state index is -0.833. The zero-order chi connectivity index (χ0) is 29.1. The number of amides is 3. The topological polar surface area (TPSA) is 92.8 Å². The Hall–Kier alpha value is -4.46. The number of imide groups is 1. The summed E-state index contributed by atoms with van der Waals surface area (Å²) < 4.78 is 5.30. The molecule has 4 aliphatic rings. The number of nitrogens with zero attached hydrogens (tertiary/aromatic N) is 1.